The van der Waals surface area contributed by atoms with Gasteiger partial charge in [-0.3, -0.25) is 0 Å². The second-order valence-corrected chi connectivity index (χ2v) is 4.64. The molecule has 0 aliphatic heterocycles. The molecular formula is C16H24. The average molecular weight is 216 g/mol. The van der Waals surface area contributed by atoms with E-state index in [-0.39, 0.29) is 0 Å². The molecule has 0 saturated carbocycles. The van der Waals surface area contributed by atoms with Crippen LogP contribution in [0.5, 0.6) is 0 Å². The molecule has 0 spiro atoms. The first-order chi connectivity index (χ1) is 7.65. The van der Waals surface area contributed by atoms with E-state index in [4.69, 9.17) is 0 Å². The molecule has 0 saturated heterocycles. The Morgan fingerprint density at radius 1 is 0.938 bits per heavy atom. The zero-order valence-electron chi connectivity index (χ0n) is 11.1. The SMILES string of the molecule is CCC1=CC(C)=CC1.CCC1=CCC(C)=C1. The Morgan fingerprint density at radius 3 is 1.94 bits per heavy atom. The summed E-state index contributed by atoms with van der Waals surface area (Å²) in [6.45, 7) is 8.74. The van der Waals surface area contributed by atoms with Gasteiger partial charge in [-0.2, -0.15) is 0 Å². The Balaban J connectivity index is 0.000000160. The van der Waals surface area contributed by atoms with Gasteiger partial charge < -0.3 is 0 Å². The molecule has 0 aromatic rings. The summed E-state index contributed by atoms with van der Waals surface area (Å²) in [5.74, 6) is 0. The van der Waals surface area contributed by atoms with Gasteiger partial charge in [-0.15, -0.1) is 0 Å². The Bertz CT molecular complexity index is 348. The standard InChI is InChI=1S/2C8H12/c2*1-3-8-5-4-7(2)6-8/h5-6H,3-4H2,1-2H3;4,6H,3,5H2,1-2H3. The molecular weight excluding hydrogens is 192 g/mol. The van der Waals surface area contributed by atoms with Crippen LogP contribution in [0.3, 0.4) is 0 Å². The van der Waals surface area contributed by atoms with Crippen molar-refractivity contribution in [2.75, 3.05) is 0 Å². The summed E-state index contributed by atoms with van der Waals surface area (Å²) < 4.78 is 0. The van der Waals surface area contributed by atoms with Crippen molar-refractivity contribution in [3.63, 3.8) is 0 Å². The third-order valence-corrected chi connectivity index (χ3v) is 3.10. The Kier molecular flexibility index (Phi) is 5.31. The van der Waals surface area contributed by atoms with Gasteiger partial charge in [0.05, 0.1) is 0 Å². The molecule has 0 N–H and O–H groups in total. The van der Waals surface area contributed by atoms with Gasteiger partial charge in [-0.1, -0.05) is 60.4 Å². The predicted octanol–water partition coefficient (Wildman–Crippen LogP) is 5.35. The minimum absolute atomic E-state index is 1.18. The van der Waals surface area contributed by atoms with Gasteiger partial charge in [-0.25, -0.2) is 0 Å². The summed E-state index contributed by atoms with van der Waals surface area (Å²) in [4.78, 5) is 0. The molecule has 2 aliphatic rings. The van der Waals surface area contributed by atoms with Crippen molar-refractivity contribution in [1.82, 2.24) is 0 Å². The minimum atomic E-state index is 1.18. The van der Waals surface area contributed by atoms with Crippen LogP contribution in [0.1, 0.15) is 53.4 Å². The highest BCUT2D eigenvalue weighted by Crippen LogP contribution is 2.19. The lowest BCUT2D eigenvalue weighted by Crippen LogP contribution is -1.69. The van der Waals surface area contributed by atoms with Crippen LogP contribution < -0.4 is 0 Å². The maximum absolute atomic E-state index is 2.30. The molecule has 0 fully saturated rings. The van der Waals surface area contributed by atoms with E-state index in [9.17, 15) is 0 Å². The van der Waals surface area contributed by atoms with Crippen molar-refractivity contribution in [3.8, 4) is 0 Å². The maximum atomic E-state index is 2.30. The van der Waals surface area contributed by atoms with Gasteiger partial charge in [0.2, 0.25) is 0 Å². The smallest absolute Gasteiger partial charge is 0.0130 e. The molecule has 0 heterocycles. The summed E-state index contributed by atoms with van der Waals surface area (Å²) in [5, 5.41) is 0. The highest BCUT2D eigenvalue weighted by atomic mass is 14.0. The van der Waals surface area contributed by atoms with E-state index in [1.807, 2.05) is 0 Å². The normalized spacial score (nSPS) is 18.2. The van der Waals surface area contributed by atoms with Gasteiger partial charge in [0, 0.05) is 0 Å². The molecule has 0 aromatic carbocycles. The predicted molar refractivity (Wildman–Crippen MR) is 73.5 cm³/mol. The van der Waals surface area contributed by atoms with Crippen molar-refractivity contribution in [2.45, 2.75) is 53.4 Å². The van der Waals surface area contributed by atoms with Crippen LogP contribution in [-0.2, 0) is 0 Å². The van der Waals surface area contributed by atoms with Crippen LogP contribution in [0.2, 0.25) is 0 Å². The summed E-state index contributed by atoms with van der Waals surface area (Å²) in [6, 6.07) is 0. The summed E-state index contributed by atoms with van der Waals surface area (Å²) in [7, 11) is 0. The Morgan fingerprint density at radius 2 is 1.69 bits per heavy atom. The molecule has 0 radical (unpaired) electrons. The molecule has 16 heavy (non-hydrogen) atoms. The Hall–Kier alpha value is -1.04. The van der Waals surface area contributed by atoms with Gasteiger partial charge in [0.1, 0.15) is 0 Å². The monoisotopic (exact) mass is 216 g/mol. The van der Waals surface area contributed by atoms with E-state index in [0.717, 1.165) is 0 Å². The van der Waals surface area contributed by atoms with E-state index >= 15 is 0 Å². The molecule has 88 valence electrons. The molecule has 0 unspecified atom stereocenters. The van der Waals surface area contributed by atoms with Crippen molar-refractivity contribution >= 4 is 0 Å². The summed E-state index contributed by atoms with van der Waals surface area (Å²) >= 11 is 0. The highest BCUT2D eigenvalue weighted by Gasteiger charge is 1.98. The van der Waals surface area contributed by atoms with Crippen molar-refractivity contribution < 1.29 is 0 Å². The number of allylic oxidation sites excluding steroid dienone is 8. The molecule has 2 aliphatic carbocycles. The maximum Gasteiger partial charge on any atom is -0.0130 e. The lowest BCUT2D eigenvalue weighted by Gasteiger charge is -1.89. The summed E-state index contributed by atoms with van der Waals surface area (Å²) in [5.41, 5.74) is 6.01. The fourth-order valence-corrected chi connectivity index (χ4v) is 1.95. The molecule has 2 rings (SSSR count). The second kappa shape index (κ2) is 6.52. The quantitative estimate of drug-likeness (QED) is 0.584. The number of rotatable bonds is 2. The van der Waals surface area contributed by atoms with E-state index in [1.165, 1.54) is 42.4 Å². The molecule has 0 heteroatoms. The van der Waals surface area contributed by atoms with E-state index in [0.29, 0.717) is 0 Å². The van der Waals surface area contributed by atoms with Gasteiger partial charge >= 0.3 is 0 Å². The van der Waals surface area contributed by atoms with Crippen LogP contribution in [0.4, 0.5) is 0 Å². The minimum Gasteiger partial charge on any atom is -0.0775 e. The second-order valence-electron chi connectivity index (χ2n) is 4.64. The topological polar surface area (TPSA) is 0 Å². The molecule has 0 amide bonds. The zero-order valence-corrected chi connectivity index (χ0v) is 11.1. The number of hydrogen-bond acceptors (Lipinski definition) is 0. The van der Waals surface area contributed by atoms with Crippen molar-refractivity contribution in [1.29, 1.82) is 0 Å². The largest absolute Gasteiger partial charge is 0.0775 e. The van der Waals surface area contributed by atoms with Crippen LogP contribution in [0.15, 0.2) is 46.6 Å². The van der Waals surface area contributed by atoms with Crippen LogP contribution in [0.25, 0.3) is 0 Å². The first kappa shape index (κ1) is 13.0. The summed E-state index contributed by atoms with van der Waals surface area (Å²) in [6.07, 6.45) is 13.9. The van der Waals surface area contributed by atoms with E-state index in [2.05, 4.69) is 52.0 Å². The molecule has 0 atom stereocenters. The third-order valence-electron chi connectivity index (χ3n) is 3.10. The third kappa shape index (κ3) is 4.22. The van der Waals surface area contributed by atoms with Gasteiger partial charge in [0.25, 0.3) is 0 Å². The zero-order chi connectivity index (χ0) is 12.0. The fraction of sp³-hybridized carbons (Fsp3) is 0.500. The molecule has 0 nitrogen and oxygen atoms in total. The molecule has 0 aromatic heterocycles. The average Bonchev–Trinajstić information content (AvgIpc) is 2.88. The van der Waals surface area contributed by atoms with E-state index < -0.39 is 0 Å². The van der Waals surface area contributed by atoms with Crippen molar-refractivity contribution in [3.05, 3.63) is 46.6 Å². The van der Waals surface area contributed by atoms with Crippen LogP contribution in [-0.4, -0.2) is 0 Å². The number of hydrogen-bond donors (Lipinski definition) is 0. The lowest BCUT2D eigenvalue weighted by molar-refractivity contribution is 1.05. The first-order valence-electron chi connectivity index (χ1n) is 6.38. The van der Waals surface area contributed by atoms with Gasteiger partial charge in [0.15, 0.2) is 0 Å². The van der Waals surface area contributed by atoms with E-state index in [1.54, 1.807) is 5.57 Å². The van der Waals surface area contributed by atoms with Crippen LogP contribution in [0, 0.1) is 0 Å². The fourth-order valence-electron chi connectivity index (χ4n) is 1.95. The van der Waals surface area contributed by atoms with Crippen LogP contribution >= 0.6 is 0 Å². The van der Waals surface area contributed by atoms with Crippen molar-refractivity contribution in [2.24, 2.45) is 0 Å². The van der Waals surface area contributed by atoms with Gasteiger partial charge in [-0.05, 0) is 39.5 Å². The Labute approximate surface area is 100 Å². The molecule has 0 bridgehead atoms. The first-order valence-corrected chi connectivity index (χ1v) is 6.38. The highest BCUT2D eigenvalue weighted by molar-refractivity contribution is 5.31. The lowest BCUT2D eigenvalue weighted by atomic mass is 10.2.